The maximum atomic E-state index is 13.1. The van der Waals surface area contributed by atoms with E-state index in [-0.39, 0.29) is 11.8 Å². The molecule has 0 atom stereocenters. The molecule has 1 aliphatic rings. The van der Waals surface area contributed by atoms with E-state index < -0.39 is 0 Å². The van der Waals surface area contributed by atoms with E-state index in [4.69, 9.17) is 4.74 Å². The number of hydrogen-bond acceptors (Lipinski definition) is 3. The molecule has 0 saturated heterocycles. The lowest BCUT2D eigenvalue weighted by molar-refractivity contribution is -0.136. The average molecular weight is 408 g/mol. The highest BCUT2D eigenvalue weighted by molar-refractivity contribution is 6.18. The molecule has 0 bridgehead atoms. The van der Waals surface area contributed by atoms with Crippen LogP contribution in [0.3, 0.4) is 0 Å². The van der Waals surface area contributed by atoms with Gasteiger partial charge in [-0.1, -0.05) is 82.7 Å². The second-order valence-electron chi connectivity index (χ2n) is 7.94. The molecule has 2 aromatic rings. The van der Waals surface area contributed by atoms with Crippen molar-refractivity contribution in [1.82, 2.24) is 4.57 Å². The number of nitrogens with zero attached hydrogens (tertiary/aromatic N) is 1. The van der Waals surface area contributed by atoms with Crippen molar-refractivity contribution >= 4 is 17.3 Å². The molecule has 4 heteroatoms. The van der Waals surface area contributed by atoms with Crippen LogP contribution in [-0.2, 0) is 22.5 Å². The van der Waals surface area contributed by atoms with Crippen molar-refractivity contribution in [2.45, 2.75) is 71.8 Å². The lowest BCUT2D eigenvalue weighted by Gasteiger charge is -2.08. The minimum Gasteiger partial charge on any atom is -0.462 e. The number of ketones is 1. The molecule has 0 spiro atoms. The minimum absolute atomic E-state index is 0.00444. The standard InChI is InChI=1S/C26H33NO3/c1-3-5-6-7-8-9-13-18-30-26(29)22-16-17-27-23(22)19-20(4-2)24(27)25(28)21-14-11-10-12-15-21/h10-12,14-16,19H,3-9,13,17-18H2,1-2H3. The summed E-state index contributed by atoms with van der Waals surface area (Å²) >= 11 is 0. The van der Waals surface area contributed by atoms with Gasteiger partial charge in [-0.05, 0) is 30.5 Å². The predicted octanol–water partition coefficient (Wildman–Crippen LogP) is 5.97. The number of aromatic nitrogens is 1. The van der Waals surface area contributed by atoms with E-state index in [0.29, 0.717) is 30.0 Å². The summed E-state index contributed by atoms with van der Waals surface area (Å²) in [6.07, 6.45) is 10.9. The van der Waals surface area contributed by atoms with Crippen LogP contribution in [0.1, 0.15) is 86.1 Å². The Kier molecular flexibility index (Phi) is 8.06. The molecule has 2 heterocycles. The number of ether oxygens (including phenoxy) is 1. The number of carbonyl (C=O) groups excluding carboxylic acids is 2. The molecule has 0 saturated carbocycles. The number of benzene rings is 1. The quantitative estimate of drug-likeness (QED) is 0.247. The molecule has 0 radical (unpaired) electrons. The van der Waals surface area contributed by atoms with Crippen LogP contribution in [0.5, 0.6) is 0 Å². The summed E-state index contributed by atoms with van der Waals surface area (Å²) in [4.78, 5) is 25.7. The first-order chi connectivity index (χ1) is 14.7. The van der Waals surface area contributed by atoms with Crippen LogP contribution in [0.4, 0.5) is 0 Å². The summed E-state index contributed by atoms with van der Waals surface area (Å²) in [7, 11) is 0. The molecule has 4 nitrogen and oxygen atoms in total. The maximum Gasteiger partial charge on any atom is 0.339 e. The number of hydrogen-bond donors (Lipinski definition) is 0. The Morgan fingerprint density at radius 3 is 2.37 bits per heavy atom. The van der Waals surface area contributed by atoms with Gasteiger partial charge < -0.3 is 9.30 Å². The molecule has 1 aromatic carbocycles. The molecule has 3 rings (SSSR count). The highest BCUT2D eigenvalue weighted by Gasteiger charge is 2.29. The zero-order chi connectivity index (χ0) is 21.3. The second kappa shape index (κ2) is 11.0. The normalized spacial score (nSPS) is 12.5. The van der Waals surface area contributed by atoms with Gasteiger partial charge in [-0.3, -0.25) is 4.79 Å². The minimum atomic E-state index is -0.279. The van der Waals surface area contributed by atoms with E-state index in [9.17, 15) is 9.59 Å². The topological polar surface area (TPSA) is 48.3 Å². The highest BCUT2D eigenvalue weighted by Crippen LogP contribution is 2.31. The van der Waals surface area contributed by atoms with Crippen LogP contribution in [0.25, 0.3) is 5.57 Å². The smallest absolute Gasteiger partial charge is 0.339 e. The summed E-state index contributed by atoms with van der Waals surface area (Å²) in [6, 6.07) is 11.3. The second-order valence-corrected chi connectivity index (χ2v) is 7.94. The van der Waals surface area contributed by atoms with Crippen LogP contribution in [0, 0.1) is 0 Å². The third-order valence-corrected chi connectivity index (χ3v) is 5.76. The summed E-state index contributed by atoms with van der Waals surface area (Å²) in [5.74, 6) is -0.275. The Labute approximate surface area is 179 Å². The lowest BCUT2D eigenvalue weighted by Crippen LogP contribution is -2.12. The van der Waals surface area contributed by atoms with Gasteiger partial charge in [0.15, 0.2) is 0 Å². The molecule has 0 N–H and O–H groups in total. The molecular formula is C26H33NO3. The van der Waals surface area contributed by atoms with Crippen LogP contribution < -0.4 is 0 Å². The molecule has 0 amide bonds. The van der Waals surface area contributed by atoms with Gasteiger partial charge in [-0.15, -0.1) is 0 Å². The molecule has 30 heavy (non-hydrogen) atoms. The molecule has 0 unspecified atom stereocenters. The van der Waals surface area contributed by atoms with Gasteiger partial charge in [0, 0.05) is 12.1 Å². The summed E-state index contributed by atoms with van der Waals surface area (Å²) in [5.41, 5.74) is 3.72. The average Bonchev–Trinajstić information content (AvgIpc) is 3.34. The van der Waals surface area contributed by atoms with Crippen molar-refractivity contribution in [3.63, 3.8) is 0 Å². The van der Waals surface area contributed by atoms with Gasteiger partial charge >= 0.3 is 5.97 Å². The van der Waals surface area contributed by atoms with E-state index in [1.807, 2.05) is 54.0 Å². The van der Waals surface area contributed by atoms with Crippen molar-refractivity contribution in [3.05, 3.63) is 65.0 Å². The SMILES string of the molecule is CCCCCCCCCOC(=O)C1=CCn2c1cc(CC)c2C(=O)c1ccccc1. The fraction of sp³-hybridized carbons (Fsp3) is 0.462. The third kappa shape index (κ3) is 5.10. The van der Waals surface area contributed by atoms with E-state index >= 15 is 0 Å². The Bertz CT molecular complexity index is 893. The number of aryl methyl sites for hydroxylation is 1. The summed E-state index contributed by atoms with van der Waals surface area (Å²) in [5, 5.41) is 0. The molecule has 0 aliphatic carbocycles. The lowest BCUT2D eigenvalue weighted by atomic mass is 10.0. The molecular weight excluding hydrogens is 374 g/mol. The van der Waals surface area contributed by atoms with Crippen molar-refractivity contribution in [2.75, 3.05) is 6.61 Å². The van der Waals surface area contributed by atoms with Gasteiger partial charge in [0.2, 0.25) is 5.78 Å². The first-order valence-corrected chi connectivity index (χ1v) is 11.4. The van der Waals surface area contributed by atoms with Gasteiger partial charge in [0.1, 0.15) is 0 Å². The zero-order valence-electron chi connectivity index (χ0n) is 18.3. The van der Waals surface area contributed by atoms with Crippen molar-refractivity contribution in [2.24, 2.45) is 0 Å². The predicted molar refractivity (Wildman–Crippen MR) is 121 cm³/mol. The highest BCUT2D eigenvalue weighted by atomic mass is 16.5. The van der Waals surface area contributed by atoms with E-state index in [0.717, 1.165) is 30.5 Å². The molecule has 1 aromatic heterocycles. The van der Waals surface area contributed by atoms with Crippen molar-refractivity contribution in [1.29, 1.82) is 0 Å². The number of rotatable bonds is 12. The first-order valence-electron chi connectivity index (χ1n) is 11.4. The fourth-order valence-corrected chi connectivity index (χ4v) is 4.06. The number of esters is 1. The van der Waals surface area contributed by atoms with Gasteiger partial charge in [-0.2, -0.15) is 0 Å². The van der Waals surface area contributed by atoms with Gasteiger partial charge in [0.05, 0.1) is 23.6 Å². The summed E-state index contributed by atoms with van der Waals surface area (Å²) < 4.78 is 7.49. The Morgan fingerprint density at radius 1 is 0.967 bits per heavy atom. The van der Waals surface area contributed by atoms with Gasteiger partial charge in [0.25, 0.3) is 0 Å². The largest absolute Gasteiger partial charge is 0.462 e. The number of allylic oxidation sites excluding steroid dienone is 1. The molecule has 0 fully saturated rings. The number of carbonyl (C=O) groups is 2. The van der Waals surface area contributed by atoms with E-state index in [1.54, 1.807) is 0 Å². The summed E-state index contributed by atoms with van der Waals surface area (Å²) in [6.45, 7) is 5.25. The third-order valence-electron chi connectivity index (χ3n) is 5.76. The van der Waals surface area contributed by atoms with Crippen LogP contribution in [-0.4, -0.2) is 22.9 Å². The first kappa shape index (κ1) is 22.1. The maximum absolute atomic E-state index is 13.1. The number of unbranched alkanes of at least 4 members (excludes halogenated alkanes) is 6. The zero-order valence-corrected chi connectivity index (χ0v) is 18.3. The Balaban J connectivity index is 1.60. The molecule has 160 valence electrons. The van der Waals surface area contributed by atoms with Gasteiger partial charge in [-0.25, -0.2) is 4.79 Å². The monoisotopic (exact) mass is 407 g/mol. The van der Waals surface area contributed by atoms with Crippen LogP contribution >= 0.6 is 0 Å². The number of fused-ring (bicyclic) bond motifs is 1. The Morgan fingerprint density at radius 2 is 1.67 bits per heavy atom. The Hall–Kier alpha value is -2.62. The molecule has 1 aliphatic heterocycles. The van der Waals surface area contributed by atoms with Crippen LogP contribution in [0.15, 0.2) is 42.5 Å². The van der Waals surface area contributed by atoms with Crippen molar-refractivity contribution < 1.29 is 14.3 Å². The van der Waals surface area contributed by atoms with Crippen molar-refractivity contribution in [3.8, 4) is 0 Å². The van der Waals surface area contributed by atoms with Crippen LogP contribution in [0.2, 0.25) is 0 Å². The van der Waals surface area contributed by atoms with E-state index in [1.165, 1.54) is 32.1 Å². The fourth-order valence-electron chi connectivity index (χ4n) is 4.06. The van der Waals surface area contributed by atoms with E-state index in [2.05, 4.69) is 6.92 Å².